The van der Waals surface area contributed by atoms with Crippen LogP contribution < -0.4 is 5.73 Å². The van der Waals surface area contributed by atoms with E-state index in [4.69, 9.17) is 5.73 Å². The number of rotatable bonds is 1. The summed E-state index contributed by atoms with van der Waals surface area (Å²) >= 11 is 0. The molecule has 0 spiro atoms. The lowest BCUT2D eigenvalue weighted by atomic mass is 10.1. The van der Waals surface area contributed by atoms with Crippen molar-refractivity contribution in [2.75, 3.05) is 5.73 Å². The second kappa shape index (κ2) is 3.59. The zero-order valence-corrected chi connectivity index (χ0v) is 8.18. The molecule has 0 bridgehead atoms. The Bertz CT molecular complexity index is 483. The number of hydrogen-bond donors (Lipinski definition) is 2. The summed E-state index contributed by atoms with van der Waals surface area (Å²) < 4.78 is 36.9. The number of aromatic nitrogens is 1. The topological polar surface area (TPSA) is 41.8 Å². The maximum Gasteiger partial charge on any atom is 0.416 e. The van der Waals surface area contributed by atoms with Gasteiger partial charge in [-0.3, -0.25) is 0 Å². The lowest BCUT2D eigenvalue weighted by Crippen LogP contribution is -2.04. The van der Waals surface area contributed by atoms with Gasteiger partial charge in [-0.25, -0.2) is 0 Å². The van der Waals surface area contributed by atoms with E-state index in [-0.39, 0.29) is 0 Å². The first-order valence-corrected chi connectivity index (χ1v) is 4.58. The zero-order valence-electron chi connectivity index (χ0n) is 8.18. The van der Waals surface area contributed by atoms with Crippen LogP contribution in [-0.4, -0.2) is 4.98 Å². The normalized spacial score (nSPS) is 11.7. The molecule has 5 heteroatoms. The van der Waals surface area contributed by atoms with Crippen LogP contribution in [0.1, 0.15) is 5.56 Å². The molecule has 0 aliphatic heterocycles. The third-order valence-electron chi connectivity index (χ3n) is 2.30. The number of anilines is 1. The van der Waals surface area contributed by atoms with Crippen LogP contribution in [0.2, 0.25) is 0 Å². The number of nitrogens with one attached hydrogen (secondary N) is 1. The summed E-state index contributed by atoms with van der Waals surface area (Å²) in [5.74, 6) is 0. The van der Waals surface area contributed by atoms with Crippen LogP contribution in [0.25, 0.3) is 11.1 Å². The van der Waals surface area contributed by atoms with Gasteiger partial charge in [-0.1, -0.05) is 12.1 Å². The highest BCUT2D eigenvalue weighted by Crippen LogP contribution is 2.32. The van der Waals surface area contributed by atoms with Crippen molar-refractivity contribution in [1.29, 1.82) is 0 Å². The van der Waals surface area contributed by atoms with Crippen molar-refractivity contribution in [2.45, 2.75) is 6.18 Å². The van der Waals surface area contributed by atoms with E-state index in [1.807, 2.05) is 0 Å². The van der Waals surface area contributed by atoms with E-state index in [1.54, 1.807) is 12.4 Å². The highest BCUT2D eigenvalue weighted by atomic mass is 19.4. The van der Waals surface area contributed by atoms with Gasteiger partial charge in [0.05, 0.1) is 11.3 Å². The number of nitrogens with two attached hydrogens (primary N) is 1. The van der Waals surface area contributed by atoms with Gasteiger partial charge in [0, 0.05) is 18.0 Å². The summed E-state index contributed by atoms with van der Waals surface area (Å²) in [6.45, 7) is 0. The Balaban J connectivity index is 2.37. The molecule has 84 valence electrons. The van der Waals surface area contributed by atoms with Crippen molar-refractivity contribution in [1.82, 2.24) is 4.98 Å². The lowest BCUT2D eigenvalue weighted by molar-refractivity contribution is -0.137. The van der Waals surface area contributed by atoms with Crippen molar-refractivity contribution in [3.05, 3.63) is 42.2 Å². The van der Waals surface area contributed by atoms with Crippen molar-refractivity contribution < 1.29 is 13.2 Å². The van der Waals surface area contributed by atoms with Crippen LogP contribution in [0.3, 0.4) is 0 Å². The minimum absolute atomic E-state index is 0.514. The second-order valence-electron chi connectivity index (χ2n) is 3.40. The van der Waals surface area contributed by atoms with Crippen LogP contribution in [0.15, 0.2) is 36.7 Å². The fraction of sp³-hybridized carbons (Fsp3) is 0.0909. The van der Waals surface area contributed by atoms with Crippen LogP contribution in [0.4, 0.5) is 18.9 Å². The van der Waals surface area contributed by atoms with E-state index in [0.29, 0.717) is 16.8 Å². The summed E-state index contributed by atoms with van der Waals surface area (Å²) in [6.07, 6.45) is -1.06. The molecule has 16 heavy (non-hydrogen) atoms. The molecule has 0 amide bonds. The van der Waals surface area contributed by atoms with Crippen molar-refractivity contribution in [3.8, 4) is 11.1 Å². The molecule has 0 radical (unpaired) electrons. The zero-order chi connectivity index (χ0) is 11.8. The fourth-order valence-electron chi connectivity index (χ4n) is 1.46. The summed E-state index contributed by atoms with van der Waals surface area (Å²) in [7, 11) is 0. The van der Waals surface area contributed by atoms with Gasteiger partial charge < -0.3 is 10.7 Å². The van der Waals surface area contributed by atoms with Crippen LogP contribution >= 0.6 is 0 Å². The number of hydrogen-bond acceptors (Lipinski definition) is 1. The largest absolute Gasteiger partial charge is 0.416 e. The van der Waals surface area contributed by atoms with Crippen LogP contribution in [0.5, 0.6) is 0 Å². The van der Waals surface area contributed by atoms with Crippen molar-refractivity contribution >= 4 is 5.69 Å². The number of H-pyrrole nitrogens is 1. The Morgan fingerprint density at radius 1 is 1.00 bits per heavy atom. The van der Waals surface area contributed by atoms with Gasteiger partial charge in [-0.2, -0.15) is 13.2 Å². The van der Waals surface area contributed by atoms with Gasteiger partial charge >= 0.3 is 6.18 Å². The summed E-state index contributed by atoms with van der Waals surface area (Å²) in [5, 5.41) is 0. The third-order valence-corrected chi connectivity index (χ3v) is 2.30. The van der Waals surface area contributed by atoms with Gasteiger partial charge in [-0.15, -0.1) is 0 Å². The van der Waals surface area contributed by atoms with Crippen LogP contribution in [0, 0.1) is 0 Å². The van der Waals surface area contributed by atoms with E-state index >= 15 is 0 Å². The van der Waals surface area contributed by atoms with E-state index < -0.39 is 11.7 Å². The molecule has 1 heterocycles. The average molecular weight is 226 g/mol. The molecule has 0 saturated heterocycles. The number of aromatic amines is 1. The predicted octanol–water partition coefficient (Wildman–Crippen LogP) is 3.28. The van der Waals surface area contributed by atoms with E-state index in [9.17, 15) is 13.2 Å². The van der Waals surface area contributed by atoms with Gasteiger partial charge in [0.2, 0.25) is 0 Å². The Kier molecular flexibility index (Phi) is 2.38. The minimum atomic E-state index is -4.30. The van der Waals surface area contributed by atoms with Gasteiger partial charge in [0.25, 0.3) is 0 Å². The molecule has 3 N–H and O–H groups in total. The molecule has 0 aliphatic rings. The van der Waals surface area contributed by atoms with Crippen molar-refractivity contribution in [2.24, 2.45) is 0 Å². The fourth-order valence-corrected chi connectivity index (χ4v) is 1.46. The first-order valence-electron chi connectivity index (χ1n) is 4.58. The Morgan fingerprint density at radius 2 is 1.62 bits per heavy atom. The molecule has 2 rings (SSSR count). The molecule has 0 aliphatic carbocycles. The highest BCUT2D eigenvalue weighted by molar-refractivity contribution is 5.75. The van der Waals surface area contributed by atoms with Gasteiger partial charge in [0.1, 0.15) is 0 Å². The van der Waals surface area contributed by atoms with E-state index in [1.165, 1.54) is 12.1 Å². The first kappa shape index (κ1) is 10.6. The quantitative estimate of drug-likeness (QED) is 0.769. The monoisotopic (exact) mass is 226 g/mol. The standard InChI is InChI=1S/C11H9F3N2/c12-11(13,14)8-3-1-7(2-4-8)9-5-16-6-10(9)15/h1-6,16H,15H2. The number of benzene rings is 1. The molecular weight excluding hydrogens is 217 g/mol. The average Bonchev–Trinajstić information content (AvgIpc) is 2.63. The Labute approximate surface area is 89.9 Å². The molecule has 0 unspecified atom stereocenters. The SMILES string of the molecule is Nc1c[nH]cc1-c1ccc(C(F)(F)F)cc1. The molecule has 0 fully saturated rings. The lowest BCUT2D eigenvalue weighted by Gasteiger charge is -2.07. The predicted molar refractivity (Wildman–Crippen MR) is 55.6 cm³/mol. The molecule has 1 aromatic heterocycles. The molecule has 2 nitrogen and oxygen atoms in total. The van der Waals surface area contributed by atoms with E-state index in [2.05, 4.69) is 4.98 Å². The molecule has 2 aromatic rings. The molecule has 0 atom stereocenters. The minimum Gasteiger partial charge on any atom is -0.397 e. The summed E-state index contributed by atoms with van der Waals surface area (Å²) in [5.41, 5.74) is 6.86. The maximum atomic E-state index is 12.3. The van der Waals surface area contributed by atoms with Crippen LogP contribution in [-0.2, 0) is 6.18 Å². The number of alkyl halides is 3. The van der Waals surface area contributed by atoms with Gasteiger partial charge in [0.15, 0.2) is 0 Å². The highest BCUT2D eigenvalue weighted by Gasteiger charge is 2.29. The summed E-state index contributed by atoms with van der Waals surface area (Å²) in [6, 6.07) is 4.90. The number of halogens is 3. The molecular formula is C11H9F3N2. The number of nitrogen functional groups attached to an aromatic ring is 1. The maximum absolute atomic E-state index is 12.3. The van der Waals surface area contributed by atoms with E-state index in [0.717, 1.165) is 12.1 Å². The van der Waals surface area contributed by atoms with Crippen molar-refractivity contribution in [3.63, 3.8) is 0 Å². The smallest absolute Gasteiger partial charge is 0.397 e. The Hall–Kier alpha value is -1.91. The summed E-state index contributed by atoms with van der Waals surface area (Å²) in [4.78, 5) is 2.79. The molecule has 0 saturated carbocycles. The Morgan fingerprint density at radius 3 is 2.06 bits per heavy atom. The molecule has 1 aromatic carbocycles. The first-order chi connectivity index (χ1) is 7.48. The third kappa shape index (κ3) is 1.88. The second-order valence-corrected chi connectivity index (χ2v) is 3.40. The van der Waals surface area contributed by atoms with Gasteiger partial charge in [-0.05, 0) is 17.7 Å².